The van der Waals surface area contributed by atoms with Gasteiger partial charge in [0.25, 0.3) is 5.91 Å². The molecule has 4 rings (SSSR count). The van der Waals surface area contributed by atoms with Crippen molar-refractivity contribution in [3.63, 3.8) is 0 Å². The molecule has 0 radical (unpaired) electrons. The van der Waals surface area contributed by atoms with Crippen LogP contribution in [0.4, 0.5) is 0 Å². The number of sulfonamides is 2. The van der Waals surface area contributed by atoms with Gasteiger partial charge in [0.1, 0.15) is 0 Å². The molecule has 1 amide bonds. The summed E-state index contributed by atoms with van der Waals surface area (Å²) in [7, 11) is -7.52. The average Bonchev–Trinajstić information content (AvgIpc) is 3.20. The number of benzene rings is 2. The Morgan fingerprint density at radius 2 is 1.84 bits per heavy atom. The zero-order valence-electron chi connectivity index (χ0n) is 20.7. The fourth-order valence-electron chi connectivity index (χ4n) is 4.27. The number of aromatic nitrogens is 1. The summed E-state index contributed by atoms with van der Waals surface area (Å²) < 4.78 is 59.0. The van der Waals surface area contributed by atoms with Crippen molar-refractivity contribution in [2.24, 2.45) is 16.0 Å². The van der Waals surface area contributed by atoms with E-state index >= 15 is 0 Å². The van der Waals surface area contributed by atoms with Gasteiger partial charge in [0.15, 0.2) is 4.80 Å². The number of ether oxygens (including phenoxy) is 1. The number of hydrogen-bond donors (Lipinski definition) is 1. The van der Waals surface area contributed by atoms with Gasteiger partial charge < -0.3 is 9.30 Å². The molecule has 1 fully saturated rings. The van der Waals surface area contributed by atoms with E-state index in [2.05, 4.69) is 4.99 Å². The van der Waals surface area contributed by atoms with Crippen LogP contribution in [0, 0.1) is 5.92 Å². The standard InChI is InChI=1S/C24H30N4O6S3/c1-3-34-14-13-28-21-11-10-20(36(25,30)31)15-22(21)35-24(28)26-23(29)18-6-8-19(9-7-18)37(32,33)27-12-4-5-17(2)16-27/h6-11,15,17H,3-5,12-14,16H2,1-2H3,(H2,25,30,31)/t17-/m0/s1. The minimum Gasteiger partial charge on any atom is -0.380 e. The van der Waals surface area contributed by atoms with E-state index in [1.807, 2.05) is 13.8 Å². The van der Waals surface area contributed by atoms with Crippen molar-refractivity contribution in [3.05, 3.63) is 52.8 Å². The molecule has 2 heterocycles. The van der Waals surface area contributed by atoms with E-state index in [0.29, 0.717) is 53.8 Å². The third-order valence-corrected chi connectivity index (χ3v) is 10.0. The topological polar surface area (TPSA) is 141 Å². The van der Waals surface area contributed by atoms with Crippen LogP contribution in [0.2, 0.25) is 0 Å². The third kappa shape index (κ3) is 6.19. The van der Waals surface area contributed by atoms with Crippen molar-refractivity contribution in [1.29, 1.82) is 0 Å². The molecule has 1 saturated heterocycles. The summed E-state index contributed by atoms with van der Waals surface area (Å²) in [5.74, 6) is -0.237. The SMILES string of the molecule is CCOCCn1c(=NC(=O)c2ccc(S(=O)(=O)N3CCC[C@H](C)C3)cc2)sc2cc(S(N)(=O)=O)ccc21. The third-order valence-electron chi connectivity index (χ3n) is 6.20. The van der Waals surface area contributed by atoms with Crippen molar-refractivity contribution < 1.29 is 26.4 Å². The van der Waals surface area contributed by atoms with Crippen molar-refractivity contribution in [1.82, 2.24) is 8.87 Å². The molecule has 13 heteroatoms. The Hall–Kier alpha value is -2.42. The van der Waals surface area contributed by atoms with Crippen LogP contribution >= 0.6 is 11.3 Å². The highest BCUT2D eigenvalue weighted by Crippen LogP contribution is 2.24. The molecule has 1 aliphatic rings. The van der Waals surface area contributed by atoms with E-state index in [4.69, 9.17) is 9.88 Å². The van der Waals surface area contributed by atoms with E-state index in [1.165, 1.54) is 40.7 Å². The molecule has 0 bridgehead atoms. The van der Waals surface area contributed by atoms with Gasteiger partial charge in [-0.05, 0) is 68.1 Å². The molecule has 0 unspecified atom stereocenters. The van der Waals surface area contributed by atoms with Crippen LogP contribution in [-0.2, 0) is 31.3 Å². The van der Waals surface area contributed by atoms with Gasteiger partial charge in [-0.15, -0.1) is 0 Å². The molecule has 2 aromatic carbocycles. The van der Waals surface area contributed by atoms with Crippen molar-refractivity contribution >= 4 is 47.5 Å². The van der Waals surface area contributed by atoms with Crippen LogP contribution in [0.25, 0.3) is 10.2 Å². The number of nitrogens with zero attached hydrogens (tertiary/aromatic N) is 3. The Morgan fingerprint density at radius 1 is 1.14 bits per heavy atom. The van der Waals surface area contributed by atoms with Gasteiger partial charge in [-0.2, -0.15) is 9.30 Å². The lowest BCUT2D eigenvalue weighted by Crippen LogP contribution is -2.39. The Morgan fingerprint density at radius 3 is 2.49 bits per heavy atom. The maximum Gasteiger partial charge on any atom is 0.279 e. The van der Waals surface area contributed by atoms with Gasteiger partial charge in [-0.3, -0.25) is 4.79 Å². The van der Waals surface area contributed by atoms with E-state index in [0.717, 1.165) is 24.2 Å². The maximum absolute atomic E-state index is 13.0. The van der Waals surface area contributed by atoms with Crippen LogP contribution < -0.4 is 9.94 Å². The van der Waals surface area contributed by atoms with Crippen LogP contribution in [0.15, 0.2) is 57.2 Å². The van der Waals surface area contributed by atoms with Gasteiger partial charge in [0.05, 0.1) is 26.6 Å². The van der Waals surface area contributed by atoms with Crippen LogP contribution in [0.3, 0.4) is 0 Å². The fraction of sp³-hybridized carbons (Fsp3) is 0.417. The molecule has 10 nitrogen and oxygen atoms in total. The molecule has 37 heavy (non-hydrogen) atoms. The number of nitrogens with two attached hydrogens (primary N) is 1. The second-order valence-electron chi connectivity index (χ2n) is 8.96. The van der Waals surface area contributed by atoms with Crippen molar-refractivity contribution in [3.8, 4) is 0 Å². The minimum atomic E-state index is -3.89. The Kier molecular flexibility index (Phi) is 8.31. The summed E-state index contributed by atoms with van der Waals surface area (Å²) in [5, 5.41) is 5.27. The number of amides is 1. The summed E-state index contributed by atoms with van der Waals surface area (Å²) in [6, 6.07) is 10.3. The van der Waals surface area contributed by atoms with E-state index in [1.54, 1.807) is 10.6 Å². The zero-order valence-corrected chi connectivity index (χ0v) is 23.1. The second kappa shape index (κ2) is 11.1. The number of piperidine rings is 1. The summed E-state index contributed by atoms with van der Waals surface area (Å²) in [5.41, 5.74) is 0.936. The first-order valence-electron chi connectivity index (χ1n) is 11.9. The van der Waals surface area contributed by atoms with Crippen molar-refractivity contribution in [2.75, 3.05) is 26.3 Å². The predicted octanol–water partition coefficient (Wildman–Crippen LogP) is 2.55. The van der Waals surface area contributed by atoms with E-state index in [-0.39, 0.29) is 15.4 Å². The number of carbonyl (C=O) groups excluding carboxylic acids is 1. The minimum absolute atomic E-state index is 0.0315. The lowest BCUT2D eigenvalue weighted by atomic mass is 10.0. The number of primary sulfonamides is 1. The molecular formula is C24H30N4O6S3. The molecule has 0 saturated carbocycles. The molecule has 2 N–H and O–H groups in total. The smallest absolute Gasteiger partial charge is 0.279 e. The lowest BCUT2D eigenvalue weighted by Gasteiger charge is -2.30. The highest BCUT2D eigenvalue weighted by Gasteiger charge is 2.28. The highest BCUT2D eigenvalue weighted by atomic mass is 32.2. The first-order chi connectivity index (χ1) is 17.5. The van der Waals surface area contributed by atoms with Crippen molar-refractivity contribution in [2.45, 2.75) is 43.0 Å². The molecule has 3 aromatic rings. The molecule has 0 spiro atoms. The summed E-state index contributed by atoms with van der Waals surface area (Å²) in [6.07, 6.45) is 1.83. The van der Waals surface area contributed by atoms with E-state index in [9.17, 15) is 21.6 Å². The second-order valence-corrected chi connectivity index (χ2v) is 13.5. The van der Waals surface area contributed by atoms with E-state index < -0.39 is 26.0 Å². The van der Waals surface area contributed by atoms with Gasteiger partial charge in [0, 0.05) is 31.8 Å². The summed E-state index contributed by atoms with van der Waals surface area (Å²) >= 11 is 1.16. The highest BCUT2D eigenvalue weighted by molar-refractivity contribution is 7.89. The molecule has 200 valence electrons. The van der Waals surface area contributed by atoms with Gasteiger partial charge in [0.2, 0.25) is 20.0 Å². The van der Waals surface area contributed by atoms with Crippen LogP contribution in [0.1, 0.15) is 37.0 Å². The Bertz CT molecular complexity index is 1570. The number of thiazole rings is 1. The predicted molar refractivity (Wildman–Crippen MR) is 141 cm³/mol. The normalized spacial score (nSPS) is 17.9. The number of carbonyl (C=O) groups is 1. The fourth-order valence-corrected chi connectivity index (χ4v) is 7.57. The first-order valence-corrected chi connectivity index (χ1v) is 15.7. The monoisotopic (exact) mass is 566 g/mol. The molecule has 1 aliphatic heterocycles. The summed E-state index contributed by atoms with van der Waals surface area (Å²) in [4.78, 5) is 17.8. The van der Waals surface area contributed by atoms with Gasteiger partial charge in [-0.25, -0.2) is 22.0 Å². The maximum atomic E-state index is 13.0. The average molecular weight is 567 g/mol. The lowest BCUT2D eigenvalue weighted by molar-refractivity contribution is 0.0996. The Balaban J connectivity index is 1.67. The largest absolute Gasteiger partial charge is 0.380 e. The Labute approximate surface area is 220 Å². The number of hydrogen-bond acceptors (Lipinski definition) is 7. The quantitative estimate of drug-likeness (QED) is 0.416. The molecule has 1 aromatic heterocycles. The van der Waals surface area contributed by atoms with Gasteiger partial charge >= 0.3 is 0 Å². The summed E-state index contributed by atoms with van der Waals surface area (Å²) in [6.45, 7) is 6.19. The number of fused-ring (bicyclic) bond motifs is 1. The number of rotatable bonds is 8. The molecule has 0 aliphatic carbocycles. The molecule has 1 atom stereocenters. The van der Waals surface area contributed by atoms with Gasteiger partial charge in [-0.1, -0.05) is 18.3 Å². The first kappa shape index (κ1) is 27.6. The van der Waals surface area contributed by atoms with Crippen LogP contribution in [0.5, 0.6) is 0 Å². The molecular weight excluding hydrogens is 536 g/mol. The van der Waals surface area contributed by atoms with Crippen LogP contribution in [-0.4, -0.2) is 57.9 Å². The zero-order chi connectivity index (χ0) is 26.8.